The van der Waals surface area contributed by atoms with E-state index < -0.39 is 17.3 Å². The first-order valence-electron chi connectivity index (χ1n) is 7.71. The molecular weight excluding hydrogens is 308 g/mol. The van der Waals surface area contributed by atoms with Crippen LogP contribution in [0.3, 0.4) is 0 Å². The highest BCUT2D eigenvalue weighted by molar-refractivity contribution is 6.00. The highest BCUT2D eigenvalue weighted by Gasteiger charge is 2.25. The number of hydrogen-bond donors (Lipinski definition) is 1. The maximum absolute atomic E-state index is 12.9. The van der Waals surface area contributed by atoms with Crippen LogP contribution >= 0.6 is 0 Å². The summed E-state index contributed by atoms with van der Waals surface area (Å²) >= 11 is 0. The minimum Gasteiger partial charge on any atom is -0.293 e. The van der Waals surface area contributed by atoms with Gasteiger partial charge in [-0.2, -0.15) is 0 Å². The monoisotopic (exact) mass is 326 g/mol. The predicted molar refractivity (Wildman–Crippen MR) is 89.6 cm³/mol. The first-order valence-corrected chi connectivity index (χ1v) is 7.71. The Labute approximate surface area is 137 Å². The smallest absolute Gasteiger partial charge is 0.293 e. The molecule has 0 radical (unpaired) electrons. The predicted octanol–water partition coefficient (Wildman–Crippen LogP) is 1.41. The van der Waals surface area contributed by atoms with E-state index in [1.807, 2.05) is 26.0 Å². The number of aromatic amines is 1. The zero-order valence-electron chi connectivity index (χ0n) is 13.7. The number of aryl methyl sites for hydroxylation is 2. The van der Waals surface area contributed by atoms with Gasteiger partial charge in [0.15, 0.2) is 5.78 Å². The lowest BCUT2D eigenvalue weighted by molar-refractivity contribution is 0.0955. The molecule has 0 saturated heterocycles. The molecule has 7 heteroatoms. The summed E-state index contributed by atoms with van der Waals surface area (Å²) in [6.07, 6.45) is 2.01. The molecule has 0 amide bonds. The highest BCUT2D eigenvalue weighted by atomic mass is 16.2. The van der Waals surface area contributed by atoms with E-state index in [9.17, 15) is 14.4 Å². The standard InChI is InChI=1S/C17H18N4O3/c1-4-12(14(22)11-7-5-10(2)6-8-11)13-9-18-15-20(3)16(23)19-17(24)21(13)15/h5-9,12H,4H2,1-3H3,(H,19,23,24)/t12-/m1/s1. The Morgan fingerprint density at radius 2 is 1.88 bits per heavy atom. The molecule has 3 aromatic rings. The van der Waals surface area contributed by atoms with Crippen molar-refractivity contribution in [2.75, 3.05) is 0 Å². The van der Waals surface area contributed by atoms with Crippen molar-refractivity contribution >= 4 is 11.6 Å². The number of rotatable bonds is 4. The number of benzene rings is 1. The van der Waals surface area contributed by atoms with Gasteiger partial charge in [0.05, 0.1) is 17.8 Å². The van der Waals surface area contributed by atoms with Gasteiger partial charge in [0, 0.05) is 12.6 Å². The number of ketones is 1. The van der Waals surface area contributed by atoms with Crippen LogP contribution in [0.1, 0.15) is 40.9 Å². The Morgan fingerprint density at radius 3 is 2.50 bits per heavy atom. The first-order chi connectivity index (χ1) is 11.4. The molecule has 7 nitrogen and oxygen atoms in total. The van der Waals surface area contributed by atoms with Crippen LogP contribution in [-0.2, 0) is 7.05 Å². The molecule has 1 aromatic carbocycles. The minimum absolute atomic E-state index is 0.0763. The lowest BCUT2D eigenvalue weighted by Gasteiger charge is -2.13. The van der Waals surface area contributed by atoms with E-state index in [4.69, 9.17) is 0 Å². The van der Waals surface area contributed by atoms with E-state index in [0.29, 0.717) is 17.7 Å². The second-order valence-corrected chi connectivity index (χ2v) is 5.80. The van der Waals surface area contributed by atoms with Crippen LogP contribution < -0.4 is 11.4 Å². The average Bonchev–Trinajstić information content (AvgIpc) is 2.99. The fraction of sp³-hybridized carbons (Fsp3) is 0.294. The number of hydrogen-bond acceptors (Lipinski definition) is 4. The highest BCUT2D eigenvalue weighted by Crippen LogP contribution is 2.24. The molecule has 2 aromatic heterocycles. The van der Waals surface area contributed by atoms with Gasteiger partial charge in [-0.3, -0.25) is 14.3 Å². The maximum Gasteiger partial charge on any atom is 0.336 e. The summed E-state index contributed by atoms with van der Waals surface area (Å²) in [7, 11) is 1.52. The zero-order valence-corrected chi connectivity index (χ0v) is 13.7. The van der Waals surface area contributed by atoms with E-state index in [2.05, 4.69) is 9.97 Å². The Morgan fingerprint density at radius 1 is 1.21 bits per heavy atom. The van der Waals surface area contributed by atoms with Crippen LogP contribution in [0.15, 0.2) is 40.1 Å². The molecule has 1 N–H and O–H groups in total. The molecule has 1 atom stereocenters. The van der Waals surface area contributed by atoms with Gasteiger partial charge in [-0.25, -0.2) is 19.0 Å². The van der Waals surface area contributed by atoms with Gasteiger partial charge in [0.2, 0.25) is 5.78 Å². The van der Waals surface area contributed by atoms with Gasteiger partial charge in [-0.15, -0.1) is 0 Å². The van der Waals surface area contributed by atoms with Crippen molar-refractivity contribution in [1.82, 2.24) is 18.9 Å². The molecule has 0 fully saturated rings. The summed E-state index contributed by atoms with van der Waals surface area (Å²) in [4.78, 5) is 43.1. The van der Waals surface area contributed by atoms with Gasteiger partial charge >= 0.3 is 11.4 Å². The van der Waals surface area contributed by atoms with Crippen LogP contribution in [0.2, 0.25) is 0 Å². The van der Waals surface area contributed by atoms with Crippen LogP contribution in [0, 0.1) is 6.92 Å². The van der Waals surface area contributed by atoms with Crippen molar-refractivity contribution < 1.29 is 4.79 Å². The van der Waals surface area contributed by atoms with E-state index in [1.54, 1.807) is 12.1 Å². The van der Waals surface area contributed by atoms with Crippen molar-refractivity contribution in [3.05, 3.63) is 68.3 Å². The molecule has 0 bridgehead atoms. The quantitative estimate of drug-likeness (QED) is 0.734. The number of nitrogens with one attached hydrogen (secondary N) is 1. The molecule has 0 aliphatic rings. The SMILES string of the molecule is CC[C@@H](C(=O)c1ccc(C)cc1)c1cnc2n(C)c(=O)[nH]c(=O)n12. The summed E-state index contributed by atoms with van der Waals surface area (Å²) < 4.78 is 2.54. The number of Topliss-reactive ketones (excluding diaryl/α,β-unsaturated/α-hetero) is 1. The summed E-state index contributed by atoms with van der Waals surface area (Å²) in [5, 5.41) is 0. The number of carbonyl (C=O) groups excluding carboxylic acids is 1. The summed E-state index contributed by atoms with van der Waals surface area (Å²) in [5.41, 5.74) is 1.01. The second-order valence-electron chi connectivity index (χ2n) is 5.80. The number of fused-ring (bicyclic) bond motifs is 1. The van der Waals surface area contributed by atoms with Crippen molar-refractivity contribution in [3.63, 3.8) is 0 Å². The van der Waals surface area contributed by atoms with Gasteiger partial charge < -0.3 is 0 Å². The van der Waals surface area contributed by atoms with Crippen molar-refractivity contribution in [2.45, 2.75) is 26.2 Å². The molecule has 124 valence electrons. The Hall–Kier alpha value is -2.96. The number of imidazole rings is 1. The maximum atomic E-state index is 12.9. The Balaban J connectivity index is 2.15. The van der Waals surface area contributed by atoms with Gasteiger partial charge in [-0.05, 0) is 13.3 Å². The van der Waals surface area contributed by atoms with E-state index in [-0.39, 0.29) is 11.6 Å². The molecule has 0 spiro atoms. The summed E-state index contributed by atoms with van der Waals surface area (Å²) in [6.45, 7) is 3.84. The number of aromatic nitrogens is 4. The van der Waals surface area contributed by atoms with Crippen molar-refractivity contribution in [3.8, 4) is 0 Å². The van der Waals surface area contributed by atoms with Crippen LogP contribution in [0.5, 0.6) is 0 Å². The summed E-state index contributed by atoms with van der Waals surface area (Å²) in [6, 6.07) is 7.32. The Kier molecular flexibility index (Phi) is 3.92. The fourth-order valence-corrected chi connectivity index (χ4v) is 2.82. The van der Waals surface area contributed by atoms with Crippen LogP contribution in [0.25, 0.3) is 5.78 Å². The van der Waals surface area contributed by atoms with E-state index >= 15 is 0 Å². The number of nitrogens with zero attached hydrogens (tertiary/aromatic N) is 3. The summed E-state index contributed by atoms with van der Waals surface area (Å²) in [5.74, 6) is -0.372. The number of carbonyl (C=O) groups is 1. The Bertz CT molecular complexity index is 1020. The van der Waals surface area contributed by atoms with Gasteiger partial charge in [-0.1, -0.05) is 36.8 Å². The fourth-order valence-electron chi connectivity index (χ4n) is 2.82. The largest absolute Gasteiger partial charge is 0.336 e. The zero-order chi connectivity index (χ0) is 17.4. The third kappa shape index (κ3) is 2.47. The molecule has 2 heterocycles. The molecular formula is C17H18N4O3. The van der Waals surface area contributed by atoms with Crippen LogP contribution in [0.4, 0.5) is 0 Å². The molecule has 0 aliphatic carbocycles. The van der Waals surface area contributed by atoms with E-state index in [1.165, 1.54) is 22.2 Å². The number of H-pyrrole nitrogens is 1. The third-order valence-electron chi connectivity index (χ3n) is 4.21. The van der Waals surface area contributed by atoms with Gasteiger partial charge in [0.1, 0.15) is 0 Å². The van der Waals surface area contributed by atoms with Crippen molar-refractivity contribution in [2.24, 2.45) is 7.05 Å². The van der Waals surface area contributed by atoms with Crippen molar-refractivity contribution in [1.29, 1.82) is 0 Å². The molecule has 24 heavy (non-hydrogen) atoms. The van der Waals surface area contributed by atoms with Gasteiger partial charge in [0.25, 0.3) is 0 Å². The molecule has 3 rings (SSSR count). The lowest BCUT2D eigenvalue weighted by Crippen LogP contribution is -2.34. The average molecular weight is 326 g/mol. The first kappa shape index (κ1) is 15.9. The van der Waals surface area contributed by atoms with E-state index in [0.717, 1.165) is 5.56 Å². The second kappa shape index (κ2) is 5.92. The lowest BCUT2D eigenvalue weighted by atomic mass is 9.92. The normalized spacial score (nSPS) is 12.5. The minimum atomic E-state index is -0.587. The molecule has 0 unspecified atom stereocenters. The topological polar surface area (TPSA) is 89.2 Å². The van der Waals surface area contributed by atoms with Crippen LogP contribution in [-0.4, -0.2) is 24.7 Å². The third-order valence-corrected chi connectivity index (χ3v) is 4.21. The molecule has 0 aliphatic heterocycles. The molecule has 0 saturated carbocycles.